The summed E-state index contributed by atoms with van der Waals surface area (Å²) in [4.78, 5) is 12.2. The van der Waals surface area contributed by atoms with E-state index >= 15 is 0 Å². The standard InChI is InChI=1S/C15H12ClN5/c16-13-9-17-10-19-15(13)21-12-6-7-14(18-8-12)20-11-4-2-1-3-5-11/h1-10H,(H,18,20)(H,17,19,21). The molecule has 0 aliphatic carbocycles. The monoisotopic (exact) mass is 297 g/mol. The Labute approximate surface area is 127 Å². The highest BCUT2D eigenvalue weighted by molar-refractivity contribution is 6.32. The van der Waals surface area contributed by atoms with Crippen LogP contribution in [-0.4, -0.2) is 15.0 Å². The van der Waals surface area contributed by atoms with Gasteiger partial charge in [-0.25, -0.2) is 15.0 Å². The first kappa shape index (κ1) is 13.3. The number of rotatable bonds is 4. The smallest absolute Gasteiger partial charge is 0.152 e. The van der Waals surface area contributed by atoms with Crippen molar-refractivity contribution < 1.29 is 0 Å². The molecule has 0 bridgehead atoms. The number of para-hydroxylation sites is 1. The van der Waals surface area contributed by atoms with Crippen molar-refractivity contribution in [2.45, 2.75) is 0 Å². The topological polar surface area (TPSA) is 62.7 Å². The number of nitrogens with one attached hydrogen (secondary N) is 2. The fourth-order valence-electron chi connectivity index (χ4n) is 1.75. The molecule has 3 rings (SSSR count). The highest BCUT2D eigenvalue weighted by atomic mass is 35.5. The molecule has 3 aromatic rings. The number of aromatic nitrogens is 3. The molecule has 0 unspecified atom stereocenters. The van der Waals surface area contributed by atoms with Crippen LogP contribution >= 0.6 is 11.6 Å². The summed E-state index contributed by atoms with van der Waals surface area (Å²) in [7, 11) is 0. The maximum atomic E-state index is 5.99. The van der Waals surface area contributed by atoms with Crippen LogP contribution in [-0.2, 0) is 0 Å². The summed E-state index contributed by atoms with van der Waals surface area (Å²) in [5, 5.41) is 6.77. The van der Waals surface area contributed by atoms with Crippen LogP contribution in [0.25, 0.3) is 0 Å². The predicted molar refractivity (Wildman–Crippen MR) is 84.3 cm³/mol. The number of nitrogens with zero attached hydrogens (tertiary/aromatic N) is 3. The van der Waals surface area contributed by atoms with E-state index < -0.39 is 0 Å². The Kier molecular flexibility index (Phi) is 3.93. The fourth-order valence-corrected chi connectivity index (χ4v) is 1.90. The molecule has 0 fully saturated rings. The van der Waals surface area contributed by atoms with Crippen LogP contribution in [0.3, 0.4) is 0 Å². The Morgan fingerprint density at radius 1 is 0.810 bits per heavy atom. The van der Waals surface area contributed by atoms with E-state index in [4.69, 9.17) is 11.6 Å². The lowest BCUT2D eigenvalue weighted by molar-refractivity contribution is 1.16. The Morgan fingerprint density at radius 2 is 1.67 bits per heavy atom. The number of anilines is 4. The van der Waals surface area contributed by atoms with Crippen molar-refractivity contribution in [2.75, 3.05) is 10.6 Å². The van der Waals surface area contributed by atoms with Gasteiger partial charge >= 0.3 is 0 Å². The van der Waals surface area contributed by atoms with E-state index in [1.807, 2.05) is 42.5 Å². The van der Waals surface area contributed by atoms with Crippen LogP contribution in [0.2, 0.25) is 5.02 Å². The quantitative estimate of drug-likeness (QED) is 0.762. The van der Waals surface area contributed by atoms with Crippen molar-refractivity contribution in [3.63, 3.8) is 0 Å². The number of hydrogen-bond acceptors (Lipinski definition) is 5. The second kappa shape index (κ2) is 6.19. The molecule has 0 atom stereocenters. The van der Waals surface area contributed by atoms with Crippen LogP contribution in [0.5, 0.6) is 0 Å². The lowest BCUT2D eigenvalue weighted by Crippen LogP contribution is -1.97. The highest BCUT2D eigenvalue weighted by Gasteiger charge is 2.02. The summed E-state index contributed by atoms with van der Waals surface area (Å²) in [6.45, 7) is 0. The van der Waals surface area contributed by atoms with Gasteiger partial charge in [0.25, 0.3) is 0 Å². The molecule has 0 aliphatic heterocycles. The SMILES string of the molecule is Clc1cncnc1Nc1ccc(Nc2ccccc2)nc1. The molecule has 0 radical (unpaired) electrons. The Bertz CT molecular complexity index is 716. The number of halogens is 1. The molecule has 21 heavy (non-hydrogen) atoms. The molecule has 0 aliphatic rings. The zero-order chi connectivity index (χ0) is 14.5. The molecule has 5 nitrogen and oxygen atoms in total. The van der Waals surface area contributed by atoms with Gasteiger partial charge in [0.15, 0.2) is 5.82 Å². The predicted octanol–water partition coefficient (Wildman–Crippen LogP) is 4.01. The maximum absolute atomic E-state index is 5.99. The third-order valence-electron chi connectivity index (χ3n) is 2.74. The largest absolute Gasteiger partial charge is 0.340 e. The van der Waals surface area contributed by atoms with Gasteiger partial charge < -0.3 is 10.6 Å². The number of benzene rings is 1. The zero-order valence-electron chi connectivity index (χ0n) is 11.0. The molecule has 104 valence electrons. The van der Waals surface area contributed by atoms with Gasteiger partial charge in [0.2, 0.25) is 0 Å². The molecule has 2 N–H and O–H groups in total. The van der Waals surface area contributed by atoms with Crippen molar-refractivity contribution in [1.82, 2.24) is 15.0 Å². The minimum absolute atomic E-state index is 0.462. The molecule has 0 spiro atoms. The summed E-state index contributed by atoms with van der Waals surface area (Å²) in [6, 6.07) is 13.6. The van der Waals surface area contributed by atoms with Crippen LogP contribution in [0.1, 0.15) is 0 Å². The second-order valence-electron chi connectivity index (χ2n) is 4.27. The van der Waals surface area contributed by atoms with E-state index in [0.717, 1.165) is 17.2 Å². The van der Waals surface area contributed by atoms with Gasteiger partial charge in [-0.05, 0) is 24.3 Å². The molecule has 0 saturated carbocycles. The van der Waals surface area contributed by atoms with Crippen molar-refractivity contribution in [3.05, 3.63) is 66.2 Å². The lowest BCUT2D eigenvalue weighted by atomic mass is 10.3. The van der Waals surface area contributed by atoms with Gasteiger partial charge in [-0.15, -0.1) is 0 Å². The first-order valence-electron chi connectivity index (χ1n) is 6.32. The Balaban J connectivity index is 1.71. The second-order valence-corrected chi connectivity index (χ2v) is 4.67. The number of pyridine rings is 1. The number of hydrogen-bond donors (Lipinski definition) is 2. The third-order valence-corrected chi connectivity index (χ3v) is 3.02. The summed E-state index contributed by atoms with van der Waals surface area (Å²) < 4.78 is 0. The third kappa shape index (κ3) is 3.46. The molecule has 2 heterocycles. The highest BCUT2D eigenvalue weighted by Crippen LogP contribution is 2.22. The molecule has 0 amide bonds. The van der Waals surface area contributed by atoms with Crippen LogP contribution in [0.4, 0.5) is 23.0 Å². The van der Waals surface area contributed by atoms with Crippen LogP contribution in [0.15, 0.2) is 61.2 Å². The first-order valence-corrected chi connectivity index (χ1v) is 6.70. The van der Waals surface area contributed by atoms with Crippen molar-refractivity contribution >= 4 is 34.6 Å². The summed E-state index contributed by atoms with van der Waals surface area (Å²) in [6.07, 6.45) is 4.69. The van der Waals surface area contributed by atoms with E-state index in [0.29, 0.717) is 10.8 Å². The zero-order valence-corrected chi connectivity index (χ0v) is 11.7. The lowest BCUT2D eigenvalue weighted by Gasteiger charge is -2.08. The maximum Gasteiger partial charge on any atom is 0.152 e. The van der Waals surface area contributed by atoms with E-state index in [-0.39, 0.29) is 0 Å². The molecular weight excluding hydrogens is 286 g/mol. The van der Waals surface area contributed by atoms with Crippen molar-refractivity contribution in [2.24, 2.45) is 0 Å². The average Bonchev–Trinajstić information content (AvgIpc) is 2.52. The molecule has 0 saturated heterocycles. The minimum atomic E-state index is 0.462. The van der Waals surface area contributed by atoms with Gasteiger partial charge in [-0.2, -0.15) is 0 Å². The fraction of sp³-hybridized carbons (Fsp3) is 0. The first-order chi connectivity index (χ1) is 10.3. The van der Waals surface area contributed by atoms with Crippen LogP contribution in [0, 0.1) is 0 Å². The molecular formula is C15H12ClN5. The Morgan fingerprint density at radius 3 is 2.38 bits per heavy atom. The van der Waals surface area contributed by atoms with Gasteiger partial charge in [0.05, 0.1) is 18.1 Å². The summed E-state index contributed by atoms with van der Waals surface area (Å²) in [5.41, 5.74) is 1.79. The van der Waals surface area contributed by atoms with E-state index in [1.165, 1.54) is 12.5 Å². The van der Waals surface area contributed by atoms with Gasteiger partial charge in [-0.1, -0.05) is 29.8 Å². The summed E-state index contributed by atoms with van der Waals surface area (Å²) >= 11 is 5.99. The van der Waals surface area contributed by atoms with E-state index in [9.17, 15) is 0 Å². The van der Waals surface area contributed by atoms with E-state index in [2.05, 4.69) is 25.6 Å². The van der Waals surface area contributed by atoms with E-state index in [1.54, 1.807) is 6.20 Å². The van der Waals surface area contributed by atoms with Gasteiger partial charge in [-0.3, -0.25) is 0 Å². The summed E-state index contributed by atoms with van der Waals surface area (Å²) in [5.74, 6) is 1.32. The van der Waals surface area contributed by atoms with Gasteiger partial charge in [0.1, 0.15) is 17.2 Å². The average molecular weight is 298 g/mol. The Hall–Kier alpha value is -2.66. The minimum Gasteiger partial charge on any atom is -0.340 e. The van der Waals surface area contributed by atoms with Crippen molar-refractivity contribution in [3.8, 4) is 0 Å². The van der Waals surface area contributed by atoms with Crippen molar-refractivity contribution in [1.29, 1.82) is 0 Å². The molecule has 1 aromatic carbocycles. The van der Waals surface area contributed by atoms with Crippen LogP contribution < -0.4 is 10.6 Å². The molecule has 6 heteroatoms. The molecule has 2 aromatic heterocycles. The normalized spacial score (nSPS) is 10.1. The van der Waals surface area contributed by atoms with Gasteiger partial charge in [0, 0.05) is 5.69 Å².